The van der Waals surface area contributed by atoms with Crippen molar-refractivity contribution in [2.24, 2.45) is 0 Å². The molecule has 0 saturated carbocycles. The van der Waals surface area contributed by atoms with Crippen molar-refractivity contribution >= 4 is 0 Å². The summed E-state index contributed by atoms with van der Waals surface area (Å²) in [6.45, 7) is 0.768. The molecule has 6 heteroatoms. The number of hydrogen-bond donors (Lipinski definition) is 1. The van der Waals surface area contributed by atoms with Gasteiger partial charge in [0.2, 0.25) is 11.8 Å². The molecule has 118 valence electrons. The Morgan fingerprint density at radius 1 is 1.04 bits per heavy atom. The highest BCUT2D eigenvalue weighted by Crippen LogP contribution is 2.21. The van der Waals surface area contributed by atoms with E-state index in [0.29, 0.717) is 30.4 Å². The smallest absolute Gasteiger partial charge is 0.247 e. The van der Waals surface area contributed by atoms with Gasteiger partial charge in [-0.1, -0.05) is 18.2 Å². The van der Waals surface area contributed by atoms with Crippen molar-refractivity contribution in [1.29, 1.82) is 0 Å². The standard InChI is InChI=1S/C17H16FN3O2/c1-22-14-8-6-12(7-9-14)17-21-20-16(23-17)11-19-10-13-4-2-3-5-15(13)18/h2-9,19H,10-11H2,1H3. The highest BCUT2D eigenvalue weighted by atomic mass is 19.1. The van der Waals surface area contributed by atoms with Gasteiger partial charge in [0.1, 0.15) is 11.6 Å². The van der Waals surface area contributed by atoms with E-state index in [2.05, 4.69) is 15.5 Å². The van der Waals surface area contributed by atoms with Crippen LogP contribution in [-0.4, -0.2) is 17.3 Å². The van der Waals surface area contributed by atoms with Crippen molar-refractivity contribution in [2.45, 2.75) is 13.1 Å². The van der Waals surface area contributed by atoms with Crippen LogP contribution in [0, 0.1) is 5.82 Å². The fourth-order valence-corrected chi connectivity index (χ4v) is 2.12. The number of halogens is 1. The second kappa shape index (κ2) is 7.02. The number of methoxy groups -OCH3 is 1. The lowest BCUT2D eigenvalue weighted by Crippen LogP contribution is -2.13. The molecule has 0 radical (unpaired) electrons. The Kier molecular flexibility index (Phi) is 4.63. The zero-order chi connectivity index (χ0) is 16.1. The van der Waals surface area contributed by atoms with Crippen LogP contribution in [0.5, 0.6) is 5.75 Å². The summed E-state index contributed by atoms with van der Waals surface area (Å²) in [6.07, 6.45) is 0. The predicted octanol–water partition coefficient (Wildman–Crippen LogP) is 3.17. The molecule has 1 aromatic heterocycles. The van der Waals surface area contributed by atoms with Gasteiger partial charge in [0.05, 0.1) is 13.7 Å². The third-order valence-electron chi connectivity index (χ3n) is 3.35. The van der Waals surface area contributed by atoms with Crippen LogP contribution in [0.2, 0.25) is 0 Å². The van der Waals surface area contributed by atoms with Gasteiger partial charge in [0.25, 0.3) is 0 Å². The molecule has 0 aliphatic heterocycles. The third-order valence-corrected chi connectivity index (χ3v) is 3.35. The van der Waals surface area contributed by atoms with Crippen molar-refractivity contribution in [3.63, 3.8) is 0 Å². The number of rotatable bonds is 6. The van der Waals surface area contributed by atoms with Crippen molar-refractivity contribution < 1.29 is 13.5 Å². The first-order valence-electron chi connectivity index (χ1n) is 7.17. The molecule has 0 spiro atoms. The van der Waals surface area contributed by atoms with Crippen molar-refractivity contribution in [2.75, 3.05) is 7.11 Å². The maximum atomic E-state index is 13.5. The van der Waals surface area contributed by atoms with E-state index >= 15 is 0 Å². The van der Waals surface area contributed by atoms with E-state index in [9.17, 15) is 4.39 Å². The van der Waals surface area contributed by atoms with Gasteiger partial charge >= 0.3 is 0 Å². The maximum absolute atomic E-state index is 13.5. The molecule has 0 amide bonds. The summed E-state index contributed by atoms with van der Waals surface area (Å²) < 4.78 is 24.2. The van der Waals surface area contributed by atoms with E-state index in [-0.39, 0.29) is 5.82 Å². The molecule has 0 aliphatic rings. The minimum atomic E-state index is -0.232. The van der Waals surface area contributed by atoms with Crippen molar-refractivity contribution in [1.82, 2.24) is 15.5 Å². The van der Waals surface area contributed by atoms with Gasteiger partial charge < -0.3 is 14.5 Å². The third kappa shape index (κ3) is 3.73. The van der Waals surface area contributed by atoms with Gasteiger partial charge in [-0.3, -0.25) is 0 Å². The second-order valence-corrected chi connectivity index (χ2v) is 4.92. The normalized spacial score (nSPS) is 10.7. The number of nitrogens with one attached hydrogen (secondary N) is 1. The molecule has 3 rings (SSSR count). The lowest BCUT2D eigenvalue weighted by molar-refractivity contribution is 0.415. The van der Waals surface area contributed by atoms with Crippen LogP contribution in [0.3, 0.4) is 0 Å². The van der Waals surface area contributed by atoms with Crippen LogP contribution in [0.1, 0.15) is 11.5 Å². The molecule has 3 aromatic rings. The van der Waals surface area contributed by atoms with Gasteiger partial charge in [0, 0.05) is 17.7 Å². The molecule has 0 saturated heterocycles. The zero-order valence-corrected chi connectivity index (χ0v) is 12.6. The van der Waals surface area contributed by atoms with Gasteiger partial charge in [0.15, 0.2) is 0 Å². The van der Waals surface area contributed by atoms with Crippen LogP contribution in [0.15, 0.2) is 52.9 Å². The summed E-state index contributed by atoms with van der Waals surface area (Å²) in [4.78, 5) is 0. The van der Waals surface area contributed by atoms with Gasteiger partial charge in [-0.15, -0.1) is 10.2 Å². The van der Waals surface area contributed by atoms with E-state index in [1.807, 2.05) is 24.3 Å². The predicted molar refractivity (Wildman–Crippen MR) is 83.2 cm³/mol. The molecule has 0 unspecified atom stereocenters. The minimum Gasteiger partial charge on any atom is -0.497 e. The van der Waals surface area contributed by atoms with Crippen LogP contribution in [-0.2, 0) is 13.1 Å². The average Bonchev–Trinajstić information content (AvgIpc) is 3.06. The van der Waals surface area contributed by atoms with Crippen LogP contribution < -0.4 is 10.1 Å². The first-order valence-corrected chi connectivity index (χ1v) is 7.17. The number of nitrogens with zero attached hydrogens (tertiary/aromatic N) is 2. The number of benzene rings is 2. The fourth-order valence-electron chi connectivity index (χ4n) is 2.12. The lowest BCUT2D eigenvalue weighted by atomic mass is 10.2. The first kappa shape index (κ1) is 15.2. The molecular formula is C17H16FN3O2. The molecule has 0 aliphatic carbocycles. The summed E-state index contributed by atoms with van der Waals surface area (Å²) in [6, 6.07) is 14.0. The molecule has 0 fully saturated rings. The van der Waals surface area contributed by atoms with Crippen molar-refractivity contribution in [3.05, 3.63) is 65.8 Å². The summed E-state index contributed by atoms with van der Waals surface area (Å²) in [5.41, 5.74) is 1.42. The highest BCUT2D eigenvalue weighted by molar-refractivity contribution is 5.53. The zero-order valence-electron chi connectivity index (χ0n) is 12.6. The van der Waals surface area contributed by atoms with Crippen LogP contribution in [0.4, 0.5) is 4.39 Å². The first-order chi connectivity index (χ1) is 11.3. The second-order valence-electron chi connectivity index (χ2n) is 4.92. The summed E-state index contributed by atoms with van der Waals surface area (Å²) in [5, 5.41) is 11.1. The SMILES string of the molecule is COc1ccc(-c2nnc(CNCc3ccccc3F)o2)cc1. The Bertz CT molecular complexity index is 772. The molecule has 0 bridgehead atoms. The molecule has 23 heavy (non-hydrogen) atoms. The molecule has 1 N–H and O–H groups in total. The highest BCUT2D eigenvalue weighted by Gasteiger charge is 2.09. The van der Waals surface area contributed by atoms with Crippen LogP contribution >= 0.6 is 0 Å². The maximum Gasteiger partial charge on any atom is 0.247 e. The Morgan fingerprint density at radius 3 is 2.57 bits per heavy atom. The summed E-state index contributed by atoms with van der Waals surface area (Å²) in [5.74, 6) is 1.42. The Hall–Kier alpha value is -2.73. The molecular weight excluding hydrogens is 297 g/mol. The molecule has 0 atom stereocenters. The number of hydrogen-bond acceptors (Lipinski definition) is 5. The molecule has 5 nitrogen and oxygen atoms in total. The average molecular weight is 313 g/mol. The lowest BCUT2D eigenvalue weighted by Gasteiger charge is -2.03. The van der Waals surface area contributed by atoms with Crippen molar-refractivity contribution in [3.8, 4) is 17.2 Å². The van der Waals surface area contributed by atoms with Gasteiger partial charge in [-0.2, -0.15) is 0 Å². The van der Waals surface area contributed by atoms with Crippen LogP contribution in [0.25, 0.3) is 11.5 Å². The monoisotopic (exact) mass is 313 g/mol. The van der Waals surface area contributed by atoms with E-state index in [4.69, 9.17) is 9.15 Å². The number of ether oxygens (including phenoxy) is 1. The largest absolute Gasteiger partial charge is 0.497 e. The van der Waals surface area contributed by atoms with Gasteiger partial charge in [-0.25, -0.2) is 4.39 Å². The number of aromatic nitrogens is 2. The van der Waals surface area contributed by atoms with E-state index < -0.39 is 0 Å². The fraction of sp³-hybridized carbons (Fsp3) is 0.176. The molecule has 2 aromatic carbocycles. The van der Waals surface area contributed by atoms with Gasteiger partial charge in [-0.05, 0) is 30.3 Å². The van der Waals surface area contributed by atoms with E-state index in [1.165, 1.54) is 6.07 Å². The summed E-state index contributed by atoms with van der Waals surface area (Å²) in [7, 11) is 1.61. The molecule has 1 heterocycles. The van der Waals surface area contributed by atoms with E-state index in [1.54, 1.807) is 25.3 Å². The Labute approximate surface area is 133 Å². The quantitative estimate of drug-likeness (QED) is 0.757. The topological polar surface area (TPSA) is 60.2 Å². The van der Waals surface area contributed by atoms with E-state index in [0.717, 1.165) is 11.3 Å². The Morgan fingerprint density at radius 2 is 1.83 bits per heavy atom. The summed E-state index contributed by atoms with van der Waals surface area (Å²) >= 11 is 0. The Balaban J connectivity index is 1.60. The minimum absolute atomic E-state index is 0.232.